The van der Waals surface area contributed by atoms with Crippen LogP contribution in [0.15, 0.2) is 35.0 Å². The van der Waals surface area contributed by atoms with E-state index in [1.54, 1.807) is 24.4 Å². The lowest BCUT2D eigenvalue weighted by Crippen LogP contribution is -2.39. The second-order valence-electron chi connectivity index (χ2n) is 7.30. The molecule has 6 nitrogen and oxygen atoms in total. The fraction of sp³-hybridized carbons (Fsp3) is 0.333. The molecule has 1 amide bonds. The van der Waals surface area contributed by atoms with Gasteiger partial charge in [0.1, 0.15) is 5.82 Å². The molecule has 0 aliphatic carbocycles. The van der Waals surface area contributed by atoms with Crippen LogP contribution in [0.5, 0.6) is 0 Å². The van der Waals surface area contributed by atoms with Crippen molar-refractivity contribution in [1.82, 2.24) is 20.0 Å². The summed E-state index contributed by atoms with van der Waals surface area (Å²) in [4.78, 5) is 23.9. The number of nitrogens with zero attached hydrogens (tertiary/aromatic N) is 4. The molecule has 4 rings (SSSR count). The number of hydrogen-bond donors (Lipinski definition) is 0. The Morgan fingerprint density at radius 1 is 1.17 bits per heavy atom. The van der Waals surface area contributed by atoms with Crippen molar-refractivity contribution in [1.29, 1.82) is 0 Å². The van der Waals surface area contributed by atoms with E-state index in [0.29, 0.717) is 40.3 Å². The molecule has 3 heterocycles. The average Bonchev–Trinajstić information content (AvgIpc) is 3.13. The maximum atomic E-state index is 13.1. The first-order valence-electron chi connectivity index (χ1n) is 9.43. The molecule has 1 unspecified atom stereocenters. The molecule has 1 atom stereocenters. The van der Waals surface area contributed by atoms with Gasteiger partial charge in [-0.05, 0) is 44.9 Å². The minimum Gasteiger partial charge on any atom is -0.356 e. The summed E-state index contributed by atoms with van der Waals surface area (Å²) in [7, 11) is 0. The number of rotatable bonds is 3. The van der Waals surface area contributed by atoms with Gasteiger partial charge in [-0.15, -0.1) is 0 Å². The molecule has 2 aromatic heterocycles. The van der Waals surface area contributed by atoms with Crippen LogP contribution in [-0.4, -0.2) is 39.0 Å². The number of piperidine rings is 1. The Morgan fingerprint density at radius 3 is 2.62 bits per heavy atom. The first-order chi connectivity index (χ1) is 13.9. The third kappa shape index (κ3) is 4.28. The second kappa shape index (κ2) is 8.13. The summed E-state index contributed by atoms with van der Waals surface area (Å²) in [5.41, 5.74) is 2.99. The Balaban J connectivity index is 1.63. The van der Waals surface area contributed by atoms with Gasteiger partial charge in [0.15, 0.2) is 5.76 Å². The van der Waals surface area contributed by atoms with Crippen molar-refractivity contribution in [2.45, 2.75) is 32.6 Å². The highest BCUT2D eigenvalue weighted by molar-refractivity contribution is 6.35. The predicted octanol–water partition coefficient (Wildman–Crippen LogP) is 5.08. The number of aromatic nitrogens is 3. The van der Waals surface area contributed by atoms with Crippen LogP contribution in [0.2, 0.25) is 10.0 Å². The van der Waals surface area contributed by atoms with Crippen molar-refractivity contribution in [3.8, 4) is 11.3 Å². The van der Waals surface area contributed by atoms with E-state index < -0.39 is 0 Å². The number of benzene rings is 1. The van der Waals surface area contributed by atoms with E-state index >= 15 is 0 Å². The number of carbonyl (C=O) groups excluding carboxylic acids is 1. The molecule has 0 bridgehead atoms. The van der Waals surface area contributed by atoms with Gasteiger partial charge in [0.2, 0.25) is 0 Å². The Labute approximate surface area is 178 Å². The maximum absolute atomic E-state index is 13.1. The number of carbonyl (C=O) groups is 1. The van der Waals surface area contributed by atoms with Crippen molar-refractivity contribution in [2.24, 2.45) is 0 Å². The van der Waals surface area contributed by atoms with Gasteiger partial charge in [-0.1, -0.05) is 28.4 Å². The monoisotopic (exact) mass is 430 g/mol. The van der Waals surface area contributed by atoms with Crippen molar-refractivity contribution >= 4 is 29.1 Å². The molecule has 0 spiro atoms. The molecule has 3 aromatic rings. The molecule has 0 radical (unpaired) electrons. The summed E-state index contributed by atoms with van der Waals surface area (Å²) in [5.74, 6) is 1.32. The summed E-state index contributed by atoms with van der Waals surface area (Å²) in [6, 6.07) is 6.79. The fourth-order valence-electron chi connectivity index (χ4n) is 3.72. The van der Waals surface area contributed by atoms with Gasteiger partial charge in [0.25, 0.3) is 5.91 Å². The Kier molecular flexibility index (Phi) is 5.56. The van der Waals surface area contributed by atoms with Gasteiger partial charge in [-0.3, -0.25) is 4.79 Å². The summed E-state index contributed by atoms with van der Waals surface area (Å²) >= 11 is 12.2. The SMILES string of the molecule is Cc1cc(-c2cnc(C)nc2C2CCCN(C(=O)c3cc(Cl)cc(Cl)c3)C2)on1. The molecule has 1 saturated heterocycles. The normalized spacial score (nSPS) is 16.8. The molecule has 1 aromatic carbocycles. The third-order valence-corrected chi connectivity index (χ3v) is 5.47. The lowest BCUT2D eigenvalue weighted by Gasteiger charge is -2.33. The molecule has 29 heavy (non-hydrogen) atoms. The molecular formula is C21H20Cl2N4O2. The van der Waals surface area contributed by atoms with Gasteiger partial charge in [-0.25, -0.2) is 9.97 Å². The van der Waals surface area contributed by atoms with E-state index in [1.807, 2.05) is 24.8 Å². The Bertz CT molecular complexity index is 1050. The zero-order chi connectivity index (χ0) is 20.5. The summed E-state index contributed by atoms with van der Waals surface area (Å²) < 4.78 is 5.45. The zero-order valence-electron chi connectivity index (χ0n) is 16.2. The van der Waals surface area contributed by atoms with Crippen LogP contribution < -0.4 is 0 Å². The molecule has 0 N–H and O–H groups in total. The summed E-state index contributed by atoms with van der Waals surface area (Å²) in [6.45, 7) is 4.97. The van der Waals surface area contributed by atoms with E-state index in [4.69, 9.17) is 32.7 Å². The Hall–Kier alpha value is -2.44. The first kappa shape index (κ1) is 19.9. The molecule has 150 valence electrons. The van der Waals surface area contributed by atoms with Crippen molar-refractivity contribution < 1.29 is 9.32 Å². The second-order valence-corrected chi connectivity index (χ2v) is 8.17. The predicted molar refractivity (Wildman–Crippen MR) is 111 cm³/mol. The number of likely N-dealkylation sites (tertiary alicyclic amines) is 1. The average molecular weight is 431 g/mol. The molecule has 1 aliphatic rings. The van der Waals surface area contributed by atoms with Crippen molar-refractivity contribution in [2.75, 3.05) is 13.1 Å². The van der Waals surface area contributed by atoms with E-state index in [9.17, 15) is 4.79 Å². The molecular weight excluding hydrogens is 411 g/mol. The van der Waals surface area contributed by atoms with Gasteiger partial charge in [-0.2, -0.15) is 0 Å². The number of halogens is 2. The fourth-order valence-corrected chi connectivity index (χ4v) is 4.25. The quantitative estimate of drug-likeness (QED) is 0.579. The third-order valence-electron chi connectivity index (χ3n) is 5.04. The zero-order valence-corrected chi connectivity index (χ0v) is 17.7. The van der Waals surface area contributed by atoms with Crippen LogP contribution in [0.25, 0.3) is 11.3 Å². The molecule has 1 aliphatic heterocycles. The van der Waals surface area contributed by atoms with Crippen LogP contribution in [0.4, 0.5) is 0 Å². The highest BCUT2D eigenvalue weighted by Gasteiger charge is 2.29. The van der Waals surface area contributed by atoms with Gasteiger partial charge in [0.05, 0.1) is 17.0 Å². The first-order valence-corrected chi connectivity index (χ1v) is 10.2. The van der Waals surface area contributed by atoms with Crippen LogP contribution in [-0.2, 0) is 0 Å². The van der Waals surface area contributed by atoms with E-state index in [1.165, 1.54) is 0 Å². The van der Waals surface area contributed by atoms with E-state index in [2.05, 4.69) is 10.1 Å². The lowest BCUT2D eigenvalue weighted by molar-refractivity contribution is 0.0706. The lowest BCUT2D eigenvalue weighted by atomic mass is 9.91. The largest absolute Gasteiger partial charge is 0.356 e. The van der Waals surface area contributed by atoms with Crippen molar-refractivity contribution in [3.63, 3.8) is 0 Å². The van der Waals surface area contributed by atoms with Crippen LogP contribution in [0, 0.1) is 13.8 Å². The maximum Gasteiger partial charge on any atom is 0.253 e. The van der Waals surface area contributed by atoms with Crippen LogP contribution >= 0.6 is 23.2 Å². The topological polar surface area (TPSA) is 72.1 Å². The summed E-state index contributed by atoms with van der Waals surface area (Å²) in [5, 5.41) is 4.88. The summed E-state index contributed by atoms with van der Waals surface area (Å²) in [6.07, 6.45) is 3.58. The molecule has 0 saturated carbocycles. The number of amides is 1. The smallest absolute Gasteiger partial charge is 0.253 e. The minimum atomic E-state index is -0.0815. The van der Waals surface area contributed by atoms with Crippen molar-refractivity contribution in [3.05, 3.63) is 63.3 Å². The van der Waals surface area contributed by atoms with Crippen LogP contribution in [0.1, 0.15) is 46.3 Å². The van der Waals surface area contributed by atoms with E-state index in [-0.39, 0.29) is 11.8 Å². The van der Waals surface area contributed by atoms with Gasteiger partial charge >= 0.3 is 0 Å². The Morgan fingerprint density at radius 2 is 1.93 bits per heavy atom. The van der Waals surface area contributed by atoms with Crippen LogP contribution in [0.3, 0.4) is 0 Å². The standard InChI is InChI=1S/C21H20Cl2N4O2/c1-12-6-19(29-26-12)18-10-24-13(2)25-20(18)14-4-3-5-27(11-14)21(28)15-7-16(22)9-17(23)8-15/h6-10,14H,3-5,11H2,1-2H3. The highest BCUT2D eigenvalue weighted by Crippen LogP contribution is 2.34. The molecule has 1 fully saturated rings. The van der Waals surface area contributed by atoms with E-state index in [0.717, 1.165) is 29.8 Å². The van der Waals surface area contributed by atoms with Gasteiger partial charge < -0.3 is 9.42 Å². The van der Waals surface area contributed by atoms with Gasteiger partial charge in [0, 0.05) is 46.9 Å². The number of hydrogen-bond acceptors (Lipinski definition) is 5. The number of aryl methyl sites for hydroxylation is 2. The minimum absolute atomic E-state index is 0.0736. The highest BCUT2D eigenvalue weighted by atomic mass is 35.5. The molecule has 8 heteroatoms.